The molecule has 0 unspecified atom stereocenters. The Labute approximate surface area is 136 Å². The fraction of sp³-hybridized carbons (Fsp3) is 0.417. The fourth-order valence-corrected chi connectivity index (χ4v) is 2.34. The van der Waals surface area contributed by atoms with Crippen LogP contribution in [0.15, 0.2) is 24.3 Å². The van der Waals surface area contributed by atoms with Crippen molar-refractivity contribution in [2.24, 2.45) is 0 Å². The third kappa shape index (κ3) is 3.58. The van der Waals surface area contributed by atoms with Crippen LogP contribution in [-0.2, 0) is 9.53 Å². The zero-order valence-corrected chi connectivity index (χ0v) is 10.9. The number of esters is 1. The van der Waals surface area contributed by atoms with Gasteiger partial charge in [0, 0.05) is 48.8 Å². The maximum atomic E-state index is 11.4. The van der Waals surface area contributed by atoms with E-state index in [9.17, 15) is 4.79 Å². The molecule has 0 spiro atoms. The summed E-state index contributed by atoms with van der Waals surface area (Å²) in [6.45, 7) is 0. The van der Waals surface area contributed by atoms with Crippen LogP contribution in [0, 0.1) is 37.7 Å². The molecule has 5 heteroatoms. The van der Waals surface area contributed by atoms with Crippen molar-refractivity contribution >= 4 is 17.6 Å². The zero-order chi connectivity index (χ0) is 11.5. The van der Waals surface area contributed by atoms with E-state index in [0.717, 1.165) is 23.4 Å². The van der Waals surface area contributed by atoms with Gasteiger partial charge in [-0.05, 0) is 24.5 Å². The summed E-state index contributed by atoms with van der Waals surface area (Å²) in [5.74, 6) is -0.199. The van der Waals surface area contributed by atoms with Crippen molar-refractivity contribution in [3.63, 3.8) is 0 Å². The van der Waals surface area contributed by atoms with E-state index in [2.05, 4.69) is 5.32 Å². The molecule has 17 heavy (non-hydrogen) atoms. The molecular formula is C12H14ArClNO2. The number of hydrogen-bond acceptors (Lipinski definition) is 3. The third-order valence-corrected chi connectivity index (χ3v) is 3.26. The predicted octanol–water partition coefficient (Wildman–Crippen LogP) is 2.31. The van der Waals surface area contributed by atoms with Crippen LogP contribution >= 0.6 is 11.6 Å². The van der Waals surface area contributed by atoms with Crippen LogP contribution in [0.1, 0.15) is 24.4 Å². The molecule has 0 amide bonds. The van der Waals surface area contributed by atoms with Crippen LogP contribution in [0.5, 0.6) is 0 Å². The Morgan fingerprint density at radius 2 is 2.12 bits per heavy atom. The Bertz CT molecular complexity index is 400. The summed E-state index contributed by atoms with van der Waals surface area (Å²) in [6.07, 6.45) is 1.70. The molecule has 1 aromatic rings. The zero-order valence-electron chi connectivity index (χ0n) is 9.43. The van der Waals surface area contributed by atoms with Crippen LogP contribution in [0.4, 0.5) is 0 Å². The van der Waals surface area contributed by atoms with Crippen LogP contribution in [-0.4, -0.2) is 19.1 Å². The van der Waals surface area contributed by atoms with Gasteiger partial charge in [0.1, 0.15) is 6.04 Å². The molecule has 94 valence electrons. The monoisotopic (exact) mass is 279 g/mol. The van der Waals surface area contributed by atoms with Crippen molar-refractivity contribution < 1.29 is 47.3 Å². The van der Waals surface area contributed by atoms with Crippen LogP contribution < -0.4 is 5.32 Å². The maximum Gasteiger partial charge on any atom is 0.322 e. The average Bonchev–Trinajstić information content (AvgIpc) is 2.78. The summed E-state index contributed by atoms with van der Waals surface area (Å²) in [4.78, 5) is 11.4. The number of methoxy groups -OCH3 is 1. The van der Waals surface area contributed by atoms with E-state index in [0.29, 0.717) is 0 Å². The normalized spacial score (nSPS) is 22.9. The van der Waals surface area contributed by atoms with E-state index in [-0.39, 0.29) is 55.8 Å². The van der Waals surface area contributed by atoms with Crippen molar-refractivity contribution in [2.75, 3.05) is 7.11 Å². The molecule has 0 aliphatic carbocycles. The second-order valence-electron chi connectivity index (χ2n) is 3.89. The van der Waals surface area contributed by atoms with E-state index in [1.165, 1.54) is 7.11 Å². The summed E-state index contributed by atoms with van der Waals surface area (Å²) in [7, 11) is 1.41. The molecule has 2 atom stereocenters. The smallest absolute Gasteiger partial charge is 0.322 e. The summed E-state index contributed by atoms with van der Waals surface area (Å²) in [5, 5.41) is 3.98. The second kappa shape index (κ2) is 6.95. The summed E-state index contributed by atoms with van der Waals surface area (Å²) >= 11 is 6.11. The van der Waals surface area contributed by atoms with E-state index in [1.54, 1.807) is 0 Å². The summed E-state index contributed by atoms with van der Waals surface area (Å²) in [6, 6.07) is 7.65. The number of carbonyl (C=O) groups is 1. The van der Waals surface area contributed by atoms with Crippen molar-refractivity contribution in [1.29, 1.82) is 0 Å². The van der Waals surface area contributed by atoms with Gasteiger partial charge in [-0.3, -0.25) is 10.1 Å². The molecule has 2 rings (SSSR count). The Morgan fingerprint density at radius 3 is 2.76 bits per heavy atom. The third-order valence-electron chi connectivity index (χ3n) is 2.91. The molecular weight excluding hydrogens is 266 g/mol. The summed E-state index contributed by atoms with van der Waals surface area (Å²) in [5.41, 5.74) is 1.05. The molecule has 0 bridgehead atoms. The van der Waals surface area contributed by atoms with Gasteiger partial charge >= 0.3 is 5.97 Å². The Kier molecular flexibility index (Phi) is 6.24. The molecule has 1 N–H and O–H groups in total. The molecule has 1 saturated heterocycles. The number of ether oxygens (including phenoxy) is 1. The largest absolute Gasteiger partial charge is 0.468 e. The second-order valence-corrected chi connectivity index (χ2v) is 4.30. The van der Waals surface area contributed by atoms with Gasteiger partial charge in [-0.1, -0.05) is 29.8 Å². The van der Waals surface area contributed by atoms with Gasteiger partial charge < -0.3 is 4.74 Å². The van der Waals surface area contributed by atoms with Crippen molar-refractivity contribution in [3.8, 4) is 0 Å². The van der Waals surface area contributed by atoms with Crippen LogP contribution in [0.3, 0.4) is 0 Å². The fourth-order valence-electron chi connectivity index (χ4n) is 2.07. The topological polar surface area (TPSA) is 38.3 Å². The first-order chi connectivity index (χ1) is 7.72. The number of nitrogens with one attached hydrogen (secondary N) is 1. The van der Waals surface area contributed by atoms with Gasteiger partial charge in [-0.25, -0.2) is 0 Å². The van der Waals surface area contributed by atoms with Crippen molar-refractivity contribution in [3.05, 3.63) is 34.9 Å². The molecule has 1 aliphatic heterocycles. The molecule has 0 radical (unpaired) electrons. The van der Waals surface area contributed by atoms with Gasteiger partial charge in [-0.15, -0.1) is 0 Å². The van der Waals surface area contributed by atoms with Gasteiger partial charge in [0.05, 0.1) is 7.11 Å². The molecule has 1 aliphatic rings. The first kappa shape index (κ1) is 15.3. The molecule has 1 fully saturated rings. The van der Waals surface area contributed by atoms with E-state index in [4.69, 9.17) is 16.3 Å². The van der Waals surface area contributed by atoms with Gasteiger partial charge in [0.15, 0.2) is 0 Å². The average molecular weight is 280 g/mol. The predicted molar refractivity (Wildman–Crippen MR) is 62.4 cm³/mol. The Hall–Kier alpha value is 0.200. The Morgan fingerprint density at radius 1 is 1.41 bits per heavy atom. The van der Waals surface area contributed by atoms with Crippen LogP contribution in [0.25, 0.3) is 0 Å². The van der Waals surface area contributed by atoms with Crippen molar-refractivity contribution in [1.82, 2.24) is 5.32 Å². The molecule has 3 nitrogen and oxygen atoms in total. The number of carbonyl (C=O) groups excluding carboxylic acids is 1. The van der Waals surface area contributed by atoms with E-state index < -0.39 is 0 Å². The number of benzene rings is 1. The van der Waals surface area contributed by atoms with Crippen LogP contribution in [0.2, 0.25) is 5.02 Å². The minimum absolute atomic E-state index is 0. The molecule has 0 saturated carbocycles. The minimum Gasteiger partial charge on any atom is -0.468 e. The molecule has 0 aromatic heterocycles. The van der Waals surface area contributed by atoms with E-state index in [1.807, 2.05) is 24.3 Å². The number of rotatable bonds is 2. The molecule has 1 heterocycles. The SMILES string of the molecule is COC(=O)[C@@H]1CC[C@H](c2ccccc2Cl)N1.[Ar]. The number of hydrogen-bond donors (Lipinski definition) is 1. The molecule has 1 aromatic carbocycles. The quantitative estimate of drug-likeness (QED) is 0.844. The van der Waals surface area contributed by atoms with Crippen molar-refractivity contribution in [2.45, 2.75) is 24.9 Å². The minimum atomic E-state index is -0.203. The number of halogens is 1. The van der Waals surface area contributed by atoms with Gasteiger partial charge in [0.25, 0.3) is 0 Å². The van der Waals surface area contributed by atoms with Gasteiger partial charge in [-0.2, -0.15) is 0 Å². The summed E-state index contributed by atoms with van der Waals surface area (Å²) < 4.78 is 4.71. The van der Waals surface area contributed by atoms with E-state index >= 15 is 0 Å². The Balaban J connectivity index is 0.00000144. The first-order valence-electron chi connectivity index (χ1n) is 5.30. The van der Waals surface area contributed by atoms with Gasteiger partial charge in [0.2, 0.25) is 0 Å². The standard InChI is InChI=1S/C12H14ClNO2.Ar/c1-16-12(15)11-7-6-10(14-11)8-4-2-3-5-9(8)13;/h2-5,10-11,14H,6-7H2,1H3;/t10-,11+;/m1./s1. The maximum absolute atomic E-state index is 11.4. The first-order valence-corrected chi connectivity index (χ1v) is 5.68.